The van der Waals surface area contributed by atoms with Crippen LogP contribution >= 0.6 is 11.6 Å². The zero-order valence-electron chi connectivity index (χ0n) is 15.6. The molecule has 3 atom stereocenters. The van der Waals surface area contributed by atoms with Crippen LogP contribution in [0, 0.1) is 5.92 Å². The van der Waals surface area contributed by atoms with Gasteiger partial charge < -0.3 is 14.5 Å². The first-order chi connectivity index (χ1) is 13.5. The van der Waals surface area contributed by atoms with E-state index < -0.39 is 17.8 Å². The molecule has 1 N–H and O–H groups in total. The molecule has 0 bridgehead atoms. The summed E-state index contributed by atoms with van der Waals surface area (Å²) in [5, 5.41) is 3.87. The smallest absolute Gasteiger partial charge is 0.336 e. The van der Waals surface area contributed by atoms with Crippen LogP contribution in [0.25, 0.3) is 0 Å². The van der Waals surface area contributed by atoms with Gasteiger partial charge in [0.2, 0.25) is 0 Å². The van der Waals surface area contributed by atoms with Crippen LogP contribution in [0.3, 0.4) is 0 Å². The number of benzene rings is 1. The molecule has 4 rings (SSSR count). The average Bonchev–Trinajstić information content (AvgIpc) is 3.21. The number of carbonyl (C=O) groups is 2. The molecule has 0 amide bonds. The van der Waals surface area contributed by atoms with E-state index in [0.29, 0.717) is 22.7 Å². The summed E-state index contributed by atoms with van der Waals surface area (Å²) in [4.78, 5) is 25.8. The van der Waals surface area contributed by atoms with E-state index in [1.54, 1.807) is 18.4 Å². The number of nitrogens with one attached hydrogen (secondary N) is 1. The summed E-state index contributed by atoms with van der Waals surface area (Å²) in [6, 6.07) is 10.9. The highest BCUT2D eigenvalue weighted by molar-refractivity contribution is 6.30. The Labute approximate surface area is 168 Å². The van der Waals surface area contributed by atoms with Crippen molar-refractivity contribution in [3.63, 3.8) is 0 Å². The summed E-state index contributed by atoms with van der Waals surface area (Å²) < 4.78 is 10.5. The number of esters is 1. The van der Waals surface area contributed by atoms with Crippen molar-refractivity contribution in [1.29, 1.82) is 0 Å². The van der Waals surface area contributed by atoms with Gasteiger partial charge >= 0.3 is 5.97 Å². The molecule has 3 unspecified atom stereocenters. The van der Waals surface area contributed by atoms with Gasteiger partial charge in [0.1, 0.15) is 11.5 Å². The standard InChI is InChI=1S/C22H20ClNO4/c1-12-19(22(26)27-2)20(13-5-7-15(23)8-6-13)21-16(24-12)10-14(11-17(21)25)18-4-3-9-28-18/h3-10,14,20-21,24H,11H2,1-2H3. The molecule has 2 aromatic rings. The van der Waals surface area contributed by atoms with E-state index in [1.165, 1.54) is 7.11 Å². The first kappa shape index (κ1) is 18.6. The fraction of sp³-hybridized carbons (Fsp3) is 0.273. The highest BCUT2D eigenvalue weighted by Crippen LogP contribution is 2.46. The van der Waals surface area contributed by atoms with Crippen LogP contribution in [0.15, 0.2) is 70.1 Å². The zero-order chi connectivity index (χ0) is 19.8. The van der Waals surface area contributed by atoms with E-state index in [2.05, 4.69) is 5.32 Å². The van der Waals surface area contributed by atoms with E-state index in [-0.39, 0.29) is 11.7 Å². The van der Waals surface area contributed by atoms with Crippen molar-refractivity contribution in [3.8, 4) is 0 Å². The Morgan fingerprint density at radius 2 is 1.96 bits per heavy atom. The van der Waals surface area contributed by atoms with Crippen molar-refractivity contribution in [3.05, 3.63) is 82.1 Å². The summed E-state index contributed by atoms with van der Waals surface area (Å²) in [6.07, 6.45) is 3.96. The average molecular weight is 398 g/mol. The predicted octanol–water partition coefficient (Wildman–Crippen LogP) is 4.32. The van der Waals surface area contributed by atoms with Crippen molar-refractivity contribution in [1.82, 2.24) is 5.32 Å². The summed E-state index contributed by atoms with van der Waals surface area (Å²) in [5.41, 5.74) is 2.80. The normalized spacial score (nSPS) is 24.3. The Morgan fingerprint density at radius 1 is 1.21 bits per heavy atom. The number of Topliss-reactive ketones (excluding diaryl/α,β-unsaturated/α-hetero) is 1. The molecule has 6 heteroatoms. The van der Waals surface area contributed by atoms with Gasteiger partial charge in [-0.2, -0.15) is 0 Å². The van der Waals surface area contributed by atoms with Crippen molar-refractivity contribution >= 4 is 23.4 Å². The van der Waals surface area contributed by atoms with Gasteiger partial charge in [-0.15, -0.1) is 0 Å². The number of ketones is 1. The van der Waals surface area contributed by atoms with E-state index in [9.17, 15) is 9.59 Å². The zero-order valence-corrected chi connectivity index (χ0v) is 16.3. The SMILES string of the molecule is COC(=O)C1=C(C)NC2=CC(c3ccco3)CC(=O)C2C1c1ccc(Cl)cc1. The van der Waals surface area contributed by atoms with Crippen molar-refractivity contribution in [2.75, 3.05) is 7.11 Å². The minimum atomic E-state index is -0.481. The first-order valence-electron chi connectivity index (χ1n) is 9.09. The number of carbonyl (C=O) groups excluding carboxylic acids is 2. The number of furan rings is 1. The van der Waals surface area contributed by atoms with Crippen molar-refractivity contribution < 1.29 is 18.7 Å². The van der Waals surface area contributed by atoms with Gasteiger partial charge in [-0.3, -0.25) is 4.79 Å². The molecule has 0 saturated heterocycles. The summed E-state index contributed by atoms with van der Waals surface area (Å²) >= 11 is 6.04. The topological polar surface area (TPSA) is 68.5 Å². The van der Waals surface area contributed by atoms with Crippen LogP contribution in [0.2, 0.25) is 5.02 Å². The van der Waals surface area contributed by atoms with Crippen molar-refractivity contribution in [2.24, 2.45) is 5.92 Å². The summed E-state index contributed by atoms with van der Waals surface area (Å²) in [7, 11) is 1.35. The lowest BCUT2D eigenvalue weighted by atomic mass is 9.69. The van der Waals surface area contributed by atoms with Crippen LogP contribution in [-0.2, 0) is 14.3 Å². The number of halogens is 1. The maximum Gasteiger partial charge on any atom is 0.336 e. The minimum Gasteiger partial charge on any atom is -0.469 e. The number of methoxy groups -OCH3 is 1. The van der Waals surface area contributed by atoms with Crippen LogP contribution in [-0.4, -0.2) is 18.9 Å². The van der Waals surface area contributed by atoms with Gasteiger partial charge in [-0.1, -0.05) is 29.8 Å². The molecular formula is C22H20ClNO4. The molecule has 28 heavy (non-hydrogen) atoms. The minimum absolute atomic E-state index is 0.0558. The summed E-state index contributed by atoms with van der Waals surface area (Å²) in [6.45, 7) is 1.83. The van der Waals surface area contributed by atoms with E-state index in [0.717, 1.165) is 17.0 Å². The van der Waals surface area contributed by atoms with Crippen molar-refractivity contribution in [2.45, 2.75) is 25.2 Å². The van der Waals surface area contributed by atoms with Gasteiger partial charge in [0, 0.05) is 34.7 Å². The molecule has 1 aliphatic heterocycles. The van der Waals surface area contributed by atoms with Gasteiger partial charge in [0.05, 0.1) is 24.9 Å². The molecule has 1 aromatic heterocycles. The molecule has 0 fully saturated rings. The molecule has 2 heterocycles. The second-order valence-corrected chi connectivity index (χ2v) is 7.51. The largest absolute Gasteiger partial charge is 0.469 e. The third-order valence-corrected chi connectivity index (χ3v) is 5.66. The Balaban J connectivity index is 1.84. The lowest BCUT2D eigenvalue weighted by molar-refractivity contribution is -0.136. The highest BCUT2D eigenvalue weighted by atomic mass is 35.5. The second-order valence-electron chi connectivity index (χ2n) is 7.08. The number of fused-ring (bicyclic) bond motifs is 1. The molecule has 0 spiro atoms. The van der Waals surface area contributed by atoms with Crippen LogP contribution in [0.5, 0.6) is 0 Å². The molecule has 1 aliphatic carbocycles. The van der Waals surface area contributed by atoms with Gasteiger partial charge in [-0.25, -0.2) is 4.79 Å². The fourth-order valence-corrected chi connectivity index (χ4v) is 4.30. The third-order valence-electron chi connectivity index (χ3n) is 5.41. The van der Waals surface area contributed by atoms with Crippen LogP contribution < -0.4 is 5.32 Å². The maximum absolute atomic E-state index is 13.2. The Morgan fingerprint density at radius 3 is 2.61 bits per heavy atom. The Bertz CT molecular complexity index is 972. The monoisotopic (exact) mass is 397 g/mol. The summed E-state index contributed by atoms with van der Waals surface area (Å²) in [5.74, 6) is -0.665. The van der Waals surface area contributed by atoms with Gasteiger partial charge in [-0.05, 0) is 36.8 Å². The fourth-order valence-electron chi connectivity index (χ4n) is 4.17. The number of rotatable bonds is 3. The van der Waals surface area contributed by atoms with E-state index in [4.69, 9.17) is 20.8 Å². The molecule has 1 aromatic carbocycles. The molecule has 0 radical (unpaired) electrons. The van der Waals surface area contributed by atoms with E-state index in [1.807, 2.05) is 37.3 Å². The number of ether oxygens (including phenoxy) is 1. The Hall–Kier alpha value is -2.79. The predicted molar refractivity (Wildman–Crippen MR) is 105 cm³/mol. The van der Waals surface area contributed by atoms with E-state index >= 15 is 0 Å². The maximum atomic E-state index is 13.2. The second kappa shape index (κ2) is 7.32. The molecule has 5 nitrogen and oxygen atoms in total. The van der Waals surface area contributed by atoms with Gasteiger partial charge in [0.15, 0.2) is 0 Å². The Kier molecular flexibility index (Phi) is 4.85. The van der Waals surface area contributed by atoms with Crippen LogP contribution in [0.4, 0.5) is 0 Å². The van der Waals surface area contributed by atoms with Crippen LogP contribution in [0.1, 0.15) is 36.5 Å². The lowest BCUT2D eigenvalue weighted by Crippen LogP contribution is -2.41. The third kappa shape index (κ3) is 3.16. The molecular weight excluding hydrogens is 378 g/mol. The van der Waals surface area contributed by atoms with Gasteiger partial charge in [0.25, 0.3) is 0 Å². The molecule has 2 aliphatic rings. The number of hydrogen-bond acceptors (Lipinski definition) is 5. The number of hydrogen-bond donors (Lipinski definition) is 1. The lowest BCUT2D eigenvalue weighted by Gasteiger charge is -2.39. The molecule has 0 saturated carbocycles. The highest BCUT2D eigenvalue weighted by Gasteiger charge is 2.45. The number of allylic oxidation sites excluding steroid dienone is 3. The quantitative estimate of drug-likeness (QED) is 0.781. The first-order valence-corrected chi connectivity index (χ1v) is 9.46. The molecule has 144 valence electrons.